The lowest BCUT2D eigenvalue weighted by Gasteiger charge is -2.28. The van der Waals surface area contributed by atoms with Crippen molar-refractivity contribution in [2.45, 2.75) is 38.5 Å². The van der Waals surface area contributed by atoms with E-state index < -0.39 is 23.3 Å². The van der Waals surface area contributed by atoms with Crippen LogP contribution in [0.5, 0.6) is 0 Å². The summed E-state index contributed by atoms with van der Waals surface area (Å²) in [4.78, 5) is 24.6. The average Bonchev–Trinajstić information content (AvgIpc) is 2.52. The molecule has 0 aliphatic carbocycles. The second-order valence-electron chi connectivity index (χ2n) is 5.27. The third-order valence-electron chi connectivity index (χ3n) is 3.60. The molecule has 1 aromatic rings. The Morgan fingerprint density at radius 2 is 1.75 bits per heavy atom. The summed E-state index contributed by atoms with van der Waals surface area (Å²) in [6.07, 6.45) is -3.67. The highest BCUT2D eigenvalue weighted by atomic mass is 19.4. The fraction of sp³-hybridized carbons (Fsp3) is 0.500. The predicted octanol–water partition coefficient (Wildman–Crippen LogP) is 2.76. The highest BCUT2D eigenvalue weighted by Crippen LogP contribution is 2.40. The molecule has 0 spiro atoms. The SMILES string of the molecule is CCCCN(C(C)=O)c1ccc(C(O)(C(=O)OC)C(F)(F)F)cc1. The van der Waals surface area contributed by atoms with Crippen molar-refractivity contribution in [2.24, 2.45) is 0 Å². The van der Waals surface area contributed by atoms with E-state index in [0.717, 1.165) is 32.1 Å². The number of aliphatic hydroxyl groups is 1. The molecule has 5 nitrogen and oxygen atoms in total. The molecule has 0 aliphatic heterocycles. The second-order valence-corrected chi connectivity index (χ2v) is 5.27. The highest BCUT2D eigenvalue weighted by molar-refractivity contribution is 5.91. The Morgan fingerprint density at radius 1 is 1.21 bits per heavy atom. The number of methoxy groups -OCH3 is 1. The van der Waals surface area contributed by atoms with Gasteiger partial charge in [0.2, 0.25) is 5.91 Å². The number of unbranched alkanes of at least 4 members (excludes halogenated alkanes) is 1. The molecule has 24 heavy (non-hydrogen) atoms. The van der Waals surface area contributed by atoms with E-state index >= 15 is 0 Å². The zero-order chi connectivity index (χ0) is 18.5. The van der Waals surface area contributed by atoms with Gasteiger partial charge in [0.1, 0.15) is 0 Å². The maximum absolute atomic E-state index is 13.2. The summed E-state index contributed by atoms with van der Waals surface area (Å²) in [6.45, 7) is 3.72. The van der Waals surface area contributed by atoms with E-state index in [0.29, 0.717) is 12.2 Å². The molecule has 8 heteroatoms. The van der Waals surface area contributed by atoms with Crippen LogP contribution in [0.2, 0.25) is 0 Å². The first-order chi connectivity index (χ1) is 11.1. The van der Waals surface area contributed by atoms with E-state index in [1.54, 1.807) is 0 Å². The van der Waals surface area contributed by atoms with Gasteiger partial charge >= 0.3 is 12.1 Å². The molecule has 1 N–H and O–H groups in total. The Bertz CT molecular complexity index is 586. The lowest BCUT2D eigenvalue weighted by atomic mass is 9.93. The van der Waals surface area contributed by atoms with E-state index in [-0.39, 0.29) is 5.91 Å². The number of benzene rings is 1. The molecular formula is C16H20F3NO4. The maximum Gasteiger partial charge on any atom is 0.432 e. The van der Waals surface area contributed by atoms with E-state index in [9.17, 15) is 27.9 Å². The molecule has 0 bridgehead atoms. The third kappa shape index (κ3) is 3.87. The van der Waals surface area contributed by atoms with Gasteiger partial charge in [0.05, 0.1) is 7.11 Å². The van der Waals surface area contributed by atoms with E-state index in [1.807, 2.05) is 6.92 Å². The van der Waals surface area contributed by atoms with Crippen LogP contribution in [0.15, 0.2) is 24.3 Å². The van der Waals surface area contributed by atoms with Gasteiger partial charge in [0.15, 0.2) is 0 Å². The smallest absolute Gasteiger partial charge is 0.432 e. The molecule has 1 rings (SSSR count). The van der Waals surface area contributed by atoms with Gasteiger partial charge in [-0.25, -0.2) is 4.79 Å². The van der Waals surface area contributed by atoms with Gasteiger partial charge in [-0.15, -0.1) is 0 Å². The molecule has 134 valence electrons. The van der Waals surface area contributed by atoms with Crippen molar-refractivity contribution < 1.29 is 32.6 Å². The number of anilines is 1. The molecule has 0 saturated heterocycles. The lowest BCUT2D eigenvalue weighted by Crippen LogP contribution is -2.49. The number of esters is 1. The minimum Gasteiger partial charge on any atom is -0.466 e. The highest BCUT2D eigenvalue weighted by Gasteiger charge is 2.62. The lowest BCUT2D eigenvalue weighted by molar-refractivity contribution is -0.266. The van der Waals surface area contributed by atoms with E-state index in [2.05, 4.69) is 4.74 Å². The first kappa shape index (κ1) is 20.0. The number of hydrogen-bond acceptors (Lipinski definition) is 4. The fourth-order valence-corrected chi connectivity index (χ4v) is 2.21. The Morgan fingerprint density at radius 3 is 2.12 bits per heavy atom. The molecular weight excluding hydrogens is 327 g/mol. The van der Waals surface area contributed by atoms with Crippen molar-refractivity contribution in [3.63, 3.8) is 0 Å². The minimum atomic E-state index is -5.25. The number of nitrogens with zero attached hydrogens (tertiary/aromatic N) is 1. The van der Waals surface area contributed by atoms with Crippen molar-refractivity contribution in [3.8, 4) is 0 Å². The van der Waals surface area contributed by atoms with Gasteiger partial charge in [-0.1, -0.05) is 25.5 Å². The van der Waals surface area contributed by atoms with Crippen LogP contribution in [-0.4, -0.2) is 36.8 Å². The maximum atomic E-state index is 13.2. The zero-order valence-corrected chi connectivity index (χ0v) is 13.7. The van der Waals surface area contributed by atoms with Crippen LogP contribution in [-0.2, 0) is 19.9 Å². The molecule has 0 saturated carbocycles. The minimum absolute atomic E-state index is 0.254. The number of carbonyl (C=O) groups excluding carboxylic acids is 2. The monoisotopic (exact) mass is 347 g/mol. The summed E-state index contributed by atoms with van der Waals surface area (Å²) >= 11 is 0. The fourth-order valence-electron chi connectivity index (χ4n) is 2.21. The second kappa shape index (κ2) is 7.65. The topological polar surface area (TPSA) is 66.8 Å². The summed E-state index contributed by atoms with van der Waals surface area (Å²) in [6, 6.07) is 4.43. The van der Waals surface area contributed by atoms with Crippen LogP contribution in [0.25, 0.3) is 0 Å². The average molecular weight is 347 g/mol. The zero-order valence-electron chi connectivity index (χ0n) is 13.7. The van der Waals surface area contributed by atoms with Crippen molar-refractivity contribution in [1.29, 1.82) is 0 Å². The van der Waals surface area contributed by atoms with Gasteiger partial charge in [-0.3, -0.25) is 4.79 Å². The largest absolute Gasteiger partial charge is 0.466 e. The van der Waals surface area contributed by atoms with Gasteiger partial charge in [0, 0.05) is 24.7 Å². The number of ether oxygens (including phenoxy) is 1. The molecule has 1 amide bonds. The molecule has 0 heterocycles. The van der Waals surface area contributed by atoms with E-state index in [1.165, 1.54) is 24.0 Å². The number of hydrogen-bond donors (Lipinski definition) is 1. The summed E-state index contributed by atoms with van der Waals surface area (Å²) in [5, 5.41) is 9.89. The van der Waals surface area contributed by atoms with Gasteiger partial charge in [0.25, 0.3) is 5.60 Å². The molecule has 1 atom stereocenters. The molecule has 1 unspecified atom stereocenters. The van der Waals surface area contributed by atoms with Gasteiger partial charge in [-0.05, 0) is 18.6 Å². The third-order valence-corrected chi connectivity index (χ3v) is 3.60. The Labute approximate surface area is 138 Å². The van der Waals surface area contributed by atoms with E-state index in [4.69, 9.17) is 0 Å². The first-order valence-corrected chi connectivity index (χ1v) is 7.35. The Balaban J connectivity index is 3.24. The normalized spacial score (nSPS) is 14.0. The van der Waals surface area contributed by atoms with Gasteiger partial charge in [-0.2, -0.15) is 13.2 Å². The van der Waals surface area contributed by atoms with Crippen molar-refractivity contribution >= 4 is 17.6 Å². The number of halogens is 3. The van der Waals surface area contributed by atoms with Crippen molar-refractivity contribution in [2.75, 3.05) is 18.6 Å². The molecule has 0 fully saturated rings. The van der Waals surface area contributed by atoms with Crippen LogP contribution in [0.1, 0.15) is 32.3 Å². The van der Waals surface area contributed by atoms with Crippen molar-refractivity contribution in [3.05, 3.63) is 29.8 Å². The van der Waals surface area contributed by atoms with Crippen LogP contribution in [0.3, 0.4) is 0 Å². The summed E-state index contributed by atoms with van der Waals surface area (Å²) in [7, 11) is 0.760. The quantitative estimate of drug-likeness (QED) is 0.804. The number of alkyl halides is 3. The molecule has 0 aliphatic rings. The summed E-state index contributed by atoms with van der Waals surface area (Å²) < 4.78 is 43.6. The van der Waals surface area contributed by atoms with Crippen LogP contribution < -0.4 is 4.90 Å². The number of amides is 1. The Hall–Kier alpha value is -2.09. The summed E-state index contributed by atoms with van der Waals surface area (Å²) in [5.74, 6) is -2.08. The van der Waals surface area contributed by atoms with Crippen LogP contribution in [0, 0.1) is 0 Å². The van der Waals surface area contributed by atoms with Crippen molar-refractivity contribution in [1.82, 2.24) is 0 Å². The first-order valence-electron chi connectivity index (χ1n) is 7.35. The standard InChI is InChI=1S/C16H20F3NO4/c1-4-5-10-20(11(2)21)13-8-6-12(7-9-13)15(23,14(22)24-3)16(17,18)19/h6-9,23H,4-5,10H2,1-3H3. The van der Waals surface area contributed by atoms with Crippen LogP contribution >= 0.6 is 0 Å². The molecule has 0 aromatic heterocycles. The molecule has 0 radical (unpaired) electrons. The number of carbonyl (C=O) groups is 2. The van der Waals surface area contributed by atoms with Crippen LogP contribution in [0.4, 0.5) is 18.9 Å². The molecule has 1 aromatic carbocycles. The predicted molar refractivity (Wildman–Crippen MR) is 81.3 cm³/mol. The Kier molecular flexibility index (Phi) is 6.36. The van der Waals surface area contributed by atoms with Gasteiger partial charge < -0.3 is 14.7 Å². The number of rotatable bonds is 6. The summed E-state index contributed by atoms with van der Waals surface area (Å²) in [5.41, 5.74) is -4.05.